The summed E-state index contributed by atoms with van der Waals surface area (Å²) in [5, 5.41) is 3.86. The minimum absolute atomic E-state index is 0.312. The van der Waals surface area contributed by atoms with Gasteiger partial charge in [0.1, 0.15) is 4.21 Å². The Morgan fingerprint density at radius 1 is 1.50 bits per heavy atom. The van der Waals surface area contributed by atoms with Gasteiger partial charge in [0.25, 0.3) is 10.0 Å². The quantitative estimate of drug-likeness (QED) is 0.818. The molecule has 3 heterocycles. The molecule has 22 heavy (non-hydrogen) atoms. The third-order valence-corrected chi connectivity index (χ3v) is 7.30. The van der Waals surface area contributed by atoms with Crippen LogP contribution in [0.4, 0.5) is 0 Å². The van der Waals surface area contributed by atoms with E-state index in [1.54, 1.807) is 23.4 Å². The number of rotatable bonds is 5. The molecular formula is C13H16ClN3O3S2. The van der Waals surface area contributed by atoms with Crippen LogP contribution in [0.1, 0.15) is 24.6 Å². The highest BCUT2D eigenvalue weighted by molar-refractivity contribution is 7.91. The third-order valence-electron chi connectivity index (χ3n) is 3.74. The molecule has 0 saturated carbocycles. The van der Waals surface area contributed by atoms with Crippen LogP contribution in [0, 0.1) is 12.8 Å². The fourth-order valence-electron chi connectivity index (χ4n) is 2.59. The van der Waals surface area contributed by atoms with Crippen molar-refractivity contribution in [2.45, 2.75) is 30.4 Å². The minimum Gasteiger partial charge on any atom is -0.340 e. The molecule has 2 aromatic rings. The fourth-order valence-corrected chi connectivity index (χ4v) is 5.76. The van der Waals surface area contributed by atoms with E-state index >= 15 is 0 Å². The van der Waals surface area contributed by atoms with E-state index < -0.39 is 10.0 Å². The summed E-state index contributed by atoms with van der Waals surface area (Å²) in [6.07, 6.45) is 2.42. The van der Waals surface area contributed by atoms with Gasteiger partial charge in [-0.15, -0.1) is 11.3 Å². The molecule has 1 unspecified atom stereocenters. The number of aryl methyl sites for hydroxylation is 2. The predicted molar refractivity (Wildman–Crippen MR) is 83.6 cm³/mol. The number of hydrogen-bond donors (Lipinski definition) is 0. The second-order valence-corrected chi connectivity index (χ2v) is 9.22. The standard InChI is InChI=1S/C13H16ClN3O3S2/c1-9-15-12(16-20-9)4-2-10-6-7-17(8-10)22(18,19)13-5-3-11(14)21-13/h3,5,10H,2,4,6-8H2,1H3. The van der Waals surface area contributed by atoms with E-state index in [0.717, 1.165) is 24.2 Å². The van der Waals surface area contributed by atoms with E-state index in [-0.39, 0.29) is 0 Å². The molecule has 3 rings (SSSR count). The molecule has 0 spiro atoms. The van der Waals surface area contributed by atoms with Crippen molar-refractivity contribution in [2.24, 2.45) is 5.92 Å². The number of aromatic nitrogens is 2. The van der Waals surface area contributed by atoms with Crippen LogP contribution in [0.5, 0.6) is 0 Å². The summed E-state index contributed by atoms with van der Waals surface area (Å²) in [5.74, 6) is 1.56. The van der Waals surface area contributed by atoms with Crippen molar-refractivity contribution in [3.8, 4) is 0 Å². The molecule has 1 fully saturated rings. The van der Waals surface area contributed by atoms with Crippen LogP contribution in [0.15, 0.2) is 20.9 Å². The van der Waals surface area contributed by atoms with E-state index in [1.165, 1.54) is 0 Å². The van der Waals surface area contributed by atoms with Gasteiger partial charge < -0.3 is 4.52 Å². The fraction of sp³-hybridized carbons (Fsp3) is 0.538. The minimum atomic E-state index is -3.41. The summed E-state index contributed by atoms with van der Waals surface area (Å²) in [6, 6.07) is 3.18. The zero-order valence-corrected chi connectivity index (χ0v) is 14.4. The van der Waals surface area contributed by atoms with Gasteiger partial charge in [0.05, 0.1) is 4.34 Å². The molecule has 120 valence electrons. The lowest BCUT2D eigenvalue weighted by Gasteiger charge is -2.15. The molecule has 0 amide bonds. The van der Waals surface area contributed by atoms with Crippen molar-refractivity contribution in [3.63, 3.8) is 0 Å². The van der Waals surface area contributed by atoms with Gasteiger partial charge in [-0.1, -0.05) is 16.8 Å². The Labute approximate surface area is 138 Å². The van der Waals surface area contributed by atoms with Crippen LogP contribution in [0.3, 0.4) is 0 Å². The van der Waals surface area contributed by atoms with Gasteiger partial charge in [-0.05, 0) is 30.9 Å². The normalized spacial score (nSPS) is 19.8. The Kier molecular flexibility index (Phi) is 4.54. The first kappa shape index (κ1) is 15.9. The molecular weight excluding hydrogens is 346 g/mol. The highest BCUT2D eigenvalue weighted by Gasteiger charge is 2.33. The van der Waals surface area contributed by atoms with Crippen molar-refractivity contribution in [1.82, 2.24) is 14.4 Å². The van der Waals surface area contributed by atoms with Crippen molar-refractivity contribution in [1.29, 1.82) is 0 Å². The summed E-state index contributed by atoms with van der Waals surface area (Å²) >= 11 is 6.93. The molecule has 9 heteroatoms. The number of thiophene rings is 1. The molecule has 1 atom stereocenters. The summed E-state index contributed by atoms with van der Waals surface area (Å²) in [4.78, 5) is 4.17. The summed E-state index contributed by atoms with van der Waals surface area (Å²) in [7, 11) is -3.41. The Hall–Kier alpha value is -0.960. The maximum absolute atomic E-state index is 12.5. The smallest absolute Gasteiger partial charge is 0.252 e. The first-order valence-electron chi connectivity index (χ1n) is 7.00. The maximum Gasteiger partial charge on any atom is 0.252 e. The number of nitrogens with zero attached hydrogens (tertiary/aromatic N) is 3. The summed E-state index contributed by atoms with van der Waals surface area (Å²) in [6.45, 7) is 2.84. The SMILES string of the molecule is Cc1nc(CCC2CCN(S(=O)(=O)c3ccc(Cl)s3)C2)no1. The molecule has 0 bridgehead atoms. The monoisotopic (exact) mass is 361 g/mol. The molecule has 1 saturated heterocycles. The van der Waals surface area contributed by atoms with Crippen LogP contribution < -0.4 is 0 Å². The van der Waals surface area contributed by atoms with Gasteiger partial charge in [-0.2, -0.15) is 9.29 Å². The van der Waals surface area contributed by atoms with Crippen LogP contribution in [0.2, 0.25) is 4.34 Å². The van der Waals surface area contributed by atoms with Gasteiger partial charge in [0, 0.05) is 26.4 Å². The zero-order chi connectivity index (χ0) is 15.7. The predicted octanol–water partition coefficient (Wildman–Crippen LogP) is 2.74. The van der Waals surface area contributed by atoms with E-state index in [0.29, 0.717) is 45.7 Å². The second-order valence-electron chi connectivity index (χ2n) is 5.34. The molecule has 0 aliphatic carbocycles. The van der Waals surface area contributed by atoms with Gasteiger partial charge in [0.2, 0.25) is 5.89 Å². The van der Waals surface area contributed by atoms with Crippen molar-refractivity contribution in [2.75, 3.05) is 13.1 Å². The molecule has 0 N–H and O–H groups in total. The highest BCUT2D eigenvalue weighted by atomic mass is 35.5. The molecule has 2 aromatic heterocycles. The zero-order valence-electron chi connectivity index (χ0n) is 12.0. The molecule has 1 aliphatic heterocycles. The second kappa shape index (κ2) is 6.27. The van der Waals surface area contributed by atoms with Gasteiger partial charge in [0.15, 0.2) is 5.82 Å². The number of hydrogen-bond acceptors (Lipinski definition) is 6. The van der Waals surface area contributed by atoms with Crippen molar-refractivity contribution < 1.29 is 12.9 Å². The lowest BCUT2D eigenvalue weighted by molar-refractivity contribution is 0.384. The van der Waals surface area contributed by atoms with Crippen LogP contribution >= 0.6 is 22.9 Å². The molecule has 6 nitrogen and oxygen atoms in total. The van der Waals surface area contributed by atoms with E-state index in [9.17, 15) is 8.42 Å². The van der Waals surface area contributed by atoms with Gasteiger partial charge in [-0.3, -0.25) is 0 Å². The largest absolute Gasteiger partial charge is 0.340 e. The highest BCUT2D eigenvalue weighted by Crippen LogP contribution is 2.32. The van der Waals surface area contributed by atoms with Crippen molar-refractivity contribution in [3.05, 3.63) is 28.2 Å². The lowest BCUT2D eigenvalue weighted by atomic mass is 10.0. The maximum atomic E-state index is 12.5. The number of halogens is 1. The molecule has 0 radical (unpaired) electrons. The Balaban J connectivity index is 1.60. The van der Waals surface area contributed by atoms with Crippen LogP contribution in [0.25, 0.3) is 0 Å². The Morgan fingerprint density at radius 3 is 2.95 bits per heavy atom. The first-order valence-corrected chi connectivity index (χ1v) is 9.63. The Bertz CT molecular complexity index is 756. The molecule has 0 aromatic carbocycles. The van der Waals surface area contributed by atoms with E-state index in [2.05, 4.69) is 10.1 Å². The van der Waals surface area contributed by atoms with E-state index in [1.807, 2.05) is 0 Å². The topological polar surface area (TPSA) is 76.3 Å². The van der Waals surface area contributed by atoms with E-state index in [4.69, 9.17) is 16.1 Å². The van der Waals surface area contributed by atoms with Crippen LogP contribution in [-0.4, -0.2) is 36.0 Å². The van der Waals surface area contributed by atoms with Crippen molar-refractivity contribution >= 4 is 33.0 Å². The summed E-state index contributed by atoms with van der Waals surface area (Å²) < 4.78 is 32.3. The first-order chi connectivity index (χ1) is 10.4. The van der Waals surface area contributed by atoms with Gasteiger partial charge >= 0.3 is 0 Å². The lowest BCUT2D eigenvalue weighted by Crippen LogP contribution is -2.28. The van der Waals surface area contributed by atoms with Gasteiger partial charge in [-0.25, -0.2) is 8.42 Å². The average molecular weight is 362 g/mol. The average Bonchev–Trinajstić information content (AvgIpc) is 3.17. The summed E-state index contributed by atoms with van der Waals surface area (Å²) in [5.41, 5.74) is 0. The van der Waals surface area contributed by atoms with Crippen LogP contribution in [-0.2, 0) is 16.4 Å². The third kappa shape index (κ3) is 3.34. The Morgan fingerprint density at radius 2 is 2.32 bits per heavy atom. The number of sulfonamides is 1. The molecule has 1 aliphatic rings.